The number of benzene rings is 1. The molecule has 0 aliphatic carbocycles. The van der Waals surface area contributed by atoms with Crippen LogP contribution in [0.3, 0.4) is 0 Å². The first-order chi connectivity index (χ1) is 16.1. The zero-order valence-electron chi connectivity index (χ0n) is 17.4. The summed E-state index contributed by atoms with van der Waals surface area (Å²) in [7, 11) is 0. The number of hydrogen-bond donors (Lipinski definition) is 2. The molecule has 3 N–H and O–H groups in total. The summed E-state index contributed by atoms with van der Waals surface area (Å²) in [6.07, 6.45) is -0.745. The van der Waals surface area contributed by atoms with Crippen LogP contribution in [0.1, 0.15) is 23.1 Å². The normalized spacial score (nSPS) is 11.6. The van der Waals surface area contributed by atoms with Gasteiger partial charge in [-0.15, -0.1) is 0 Å². The highest BCUT2D eigenvalue weighted by Gasteiger charge is 2.35. The second-order valence-electron chi connectivity index (χ2n) is 7.06. The van der Waals surface area contributed by atoms with Crippen molar-refractivity contribution >= 4 is 40.5 Å². The molecule has 13 heteroatoms. The van der Waals surface area contributed by atoms with Gasteiger partial charge in [-0.1, -0.05) is 29.3 Å². The van der Waals surface area contributed by atoms with Gasteiger partial charge in [0.15, 0.2) is 17.2 Å². The predicted molar refractivity (Wildman–Crippen MR) is 122 cm³/mol. The van der Waals surface area contributed by atoms with E-state index in [1.54, 1.807) is 31.2 Å². The highest BCUT2D eigenvalue weighted by atomic mass is 35.5. The van der Waals surface area contributed by atoms with Crippen LogP contribution in [0.2, 0.25) is 10.0 Å². The monoisotopic (exact) mass is 509 g/mol. The third-order valence-corrected chi connectivity index (χ3v) is 5.40. The largest absolute Gasteiger partial charge is 0.434 e. The molecular weight excluding hydrogens is 494 g/mol. The fourth-order valence-corrected chi connectivity index (χ4v) is 3.79. The molecular formula is C21H16Cl2F3N7O. The van der Waals surface area contributed by atoms with Crippen LogP contribution in [0, 0.1) is 0 Å². The molecule has 0 saturated heterocycles. The summed E-state index contributed by atoms with van der Waals surface area (Å²) in [4.78, 5) is 19.8. The molecule has 0 spiro atoms. The van der Waals surface area contributed by atoms with E-state index in [0.29, 0.717) is 21.4 Å². The number of para-hydroxylation sites is 1. The minimum atomic E-state index is -4.56. The van der Waals surface area contributed by atoms with Crippen molar-refractivity contribution in [1.82, 2.24) is 24.3 Å². The summed E-state index contributed by atoms with van der Waals surface area (Å²) in [6, 6.07) is 7.99. The number of halogens is 5. The first-order valence-corrected chi connectivity index (χ1v) is 10.6. The van der Waals surface area contributed by atoms with Crippen molar-refractivity contribution in [3.05, 3.63) is 70.4 Å². The number of primary amides is 1. The Balaban J connectivity index is 1.65. The van der Waals surface area contributed by atoms with Crippen LogP contribution >= 0.6 is 23.2 Å². The Labute approximate surface area is 201 Å². The molecule has 1 aromatic carbocycles. The molecule has 8 nitrogen and oxygen atoms in total. The first kappa shape index (κ1) is 23.6. The molecule has 0 fully saturated rings. The lowest BCUT2D eigenvalue weighted by molar-refractivity contribution is -0.140. The standard InChI is InChI=1S/C21H16Cl2F3N7O/c1-2-32-10-16(21(24,25)26)30-20(32)14-7-6-11(8-28-14)29-15-9-33(31-17(15)19(27)34)18-12(22)4-3-5-13(18)23/h3-10,29H,2H2,1H3,(H2,27,34). The quantitative estimate of drug-likeness (QED) is 0.366. The molecule has 4 rings (SSSR count). The van der Waals surface area contributed by atoms with Gasteiger partial charge >= 0.3 is 6.18 Å². The Hall–Kier alpha value is -3.57. The predicted octanol–water partition coefficient (Wildman–Crippen LogP) is 5.32. The number of anilines is 2. The van der Waals surface area contributed by atoms with Gasteiger partial charge in [-0.3, -0.25) is 9.78 Å². The van der Waals surface area contributed by atoms with Gasteiger partial charge < -0.3 is 15.6 Å². The summed E-state index contributed by atoms with van der Waals surface area (Å²) < 4.78 is 41.8. The molecule has 4 aromatic rings. The fraction of sp³-hybridized carbons (Fsp3) is 0.143. The summed E-state index contributed by atoms with van der Waals surface area (Å²) in [5.41, 5.74) is 5.70. The van der Waals surface area contributed by atoms with Crippen LogP contribution in [-0.4, -0.2) is 30.2 Å². The number of nitrogens with zero attached hydrogens (tertiary/aromatic N) is 5. The fourth-order valence-electron chi connectivity index (χ4n) is 3.22. The molecule has 176 valence electrons. The Morgan fingerprint density at radius 3 is 2.41 bits per heavy atom. The average Bonchev–Trinajstić information content (AvgIpc) is 3.39. The zero-order valence-corrected chi connectivity index (χ0v) is 18.9. The number of pyridine rings is 1. The molecule has 0 aliphatic heterocycles. The van der Waals surface area contributed by atoms with Crippen molar-refractivity contribution in [2.75, 3.05) is 5.32 Å². The number of imidazole rings is 1. The van der Waals surface area contributed by atoms with Crippen molar-refractivity contribution in [3.8, 4) is 17.2 Å². The number of aryl methyl sites for hydroxylation is 1. The summed E-state index contributed by atoms with van der Waals surface area (Å²) >= 11 is 12.5. The van der Waals surface area contributed by atoms with Gasteiger partial charge in [-0.2, -0.15) is 18.3 Å². The molecule has 0 bridgehead atoms. The third kappa shape index (κ3) is 4.57. The van der Waals surface area contributed by atoms with Crippen LogP contribution in [-0.2, 0) is 12.7 Å². The number of rotatable bonds is 6. The minimum Gasteiger partial charge on any atom is -0.364 e. The molecule has 0 radical (unpaired) electrons. The number of alkyl halides is 3. The number of hydrogen-bond acceptors (Lipinski definition) is 5. The Kier molecular flexibility index (Phi) is 6.24. The van der Waals surface area contributed by atoms with E-state index in [4.69, 9.17) is 28.9 Å². The number of aromatic nitrogens is 5. The van der Waals surface area contributed by atoms with Gasteiger partial charge in [-0.05, 0) is 31.2 Å². The summed E-state index contributed by atoms with van der Waals surface area (Å²) in [5, 5.41) is 7.79. The number of nitrogens with one attached hydrogen (secondary N) is 1. The van der Waals surface area contributed by atoms with E-state index in [2.05, 4.69) is 20.4 Å². The third-order valence-electron chi connectivity index (χ3n) is 4.79. The minimum absolute atomic E-state index is 0.0728. The summed E-state index contributed by atoms with van der Waals surface area (Å²) in [6.45, 7) is 1.99. The summed E-state index contributed by atoms with van der Waals surface area (Å²) in [5.74, 6) is -0.709. The SMILES string of the molecule is CCn1cc(C(F)(F)F)nc1-c1ccc(Nc2cn(-c3c(Cl)cccc3Cl)nc2C(N)=O)cn1. The molecule has 3 heterocycles. The number of amides is 1. The first-order valence-electron chi connectivity index (χ1n) is 9.80. The van der Waals surface area contributed by atoms with E-state index >= 15 is 0 Å². The van der Waals surface area contributed by atoms with Crippen LogP contribution in [0.5, 0.6) is 0 Å². The highest BCUT2D eigenvalue weighted by Crippen LogP contribution is 2.32. The zero-order chi connectivity index (χ0) is 24.6. The van der Waals surface area contributed by atoms with Crippen molar-refractivity contribution in [1.29, 1.82) is 0 Å². The maximum Gasteiger partial charge on any atom is 0.434 e. The van der Waals surface area contributed by atoms with Gasteiger partial charge in [0, 0.05) is 12.7 Å². The molecule has 0 atom stereocenters. The van der Waals surface area contributed by atoms with E-state index < -0.39 is 17.8 Å². The van der Waals surface area contributed by atoms with Crippen LogP contribution in [0.4, 0.5) is 24.5 Å². The smallest absolute Gasteiger partial charge is 0.364 e. The van der Waals surface area contributed by atoms with Gasteiger partial charge in [-0.25, -0.2) is 9.67 Å². The van der Waals surface area contributed by atoms with E-state index in [1.807, 2.05) is 0 Å². The van der Waals surface area contributed by atoms with E-state index in [1.165, 1.54) is 27.7 Å². The average molecular weight is 510 g/mol. The Morgan fingerprint density at radius 2 is 1.85 bits per heavy atom. The topological polar surface area (TPSA) is 104 Å². The van der Waals surface area contributed by atoms with Gasteiger partial charge in [0.25, 0.3) is 5.91 Å². The highest BCUT2D eigenvalue weighted by molar-refractivity contribution is 6.37. The van der Waals surface area contributed by atoms with Crippen LogP contribution in [0.15, 0.2) is 48.9 Å². The maximum atomic E-state index is 13.0. The van der Waals surface area contributed by atoms with Gasteiger partial charge in [0.1, 0.15) is 11.4 Å². The second-order valence-corrected chi connectivity index (χ2v) is 7.88. The van der Waals surface area contributed by atoms with Crippen molar-refractivity contribution in [3.63, 3.8) is 0 Å². The van der Waals surface area contributed by atoms with Crippen molar-refractivity contribution in [2.24, 2.45) is 5.73 Å². The van der Waals surface area contributed by atoms with E-state index in [9.17, 15) is 18.0 Å². The molecule has 1 amide bonds. The molecule has 34 heavy (non-hydrogen) atoms. The van der Waals surface area contributed by atoms with E-state index in [-0.39, 0.29) is 29.4 Å². The van der Waals surface area contributed by atoms with Crippen LogP contribution < -0.4 is 11.1 Å². The Bertz CT molecular complexity index is 1340. The number of carbonyl (C=O) groups excluding carboxylic acids is 1. The number of nitrogens with two attached hydrogens (primary N) is 1. The molecule has 0 unspecified atom stereocenters. The van der Waals surface area contributed by atoms with Crippen molar-refractivity contribution in [2.45, 2.75) is 19.6 Å². The molecule has 0 aliphatic rings. The van der Waals surface area contributed by atoms with Crippen LogP contribution in [0.25, 0.3) is 17.2 Å². The Morgan fingerprint density at radius 1 is 1.15 bits per heavy atom. The lowest BCUT2D eigenvalue weighted by Gasteiger charge is -2.07. The van der Waals surface area contributed by atoms with Crippen molar-refractivity contribution < 1.29 is 18.0 Å². The lowest BCUT2D eigenvalue weighted by atomic mass is 10.3. The lowest BCUT2D eigenvalue weighted by Crippen LogP contribution is -2.14. The van der Waals surface area contributed by atoms with Gasteiger partial charge in [0.05, 0.1) is 33.8 Å². The molecule has 0 saturated carbocycles. The maximum absolute atomic E-state index is 13.0. The van der Waals surface area contributed by atoms with E-state index in [0.717, 1.165) is 6.20 Å². The number of carbonyl (C=O) groups is 1. The molecule has 3 aromatic heterocycles. The second kappa shape index (κ2) is 8.99. The van der Waals surface area contributed by atoms with Gasteiger partial charge in [0.2, 0.25) is 0 Å².